The summed E-state index contributed by atoms with van der Waals surface area (Å²) in [5.41, 5.74) is 0.974. The van der Waals surface area contributed by atoms with E-state index in [1.807, 2.05) is 6.92 Å². The topological polar surface area (TPSA) is 46.5 Å². The number of halogens is 2. The number of carboxylic acids is 1. The Labute approximate surface area is 123 Å². The lowest BCUT2D eigenvalue weighted by Crippen LogP contribution is -2.00. The minimum absolute atomic E-state index is 0.107. The fourth-order valence-corrected chi connectivity index (χ4v) is 2.02. The summed E-state index contributed by atoms with van der Waals surface area (Å²) in [4.78, 5) is 11.1. The Balaban J connectivity index is 2.39. The van der Waals surface area contributed by atoms with E-state index in [4.69, 9.17) is 21.4 Å². The van der Waals surface area contributed by atoms with Crippen LogP contribution in [0, 0.1) is 6.92 Å². The van der Waals surface area contributed by atoms with Crippen LogP contribution >= 0.6 is 27.5 Å². The van der Waals surface area contributed by atoms with Gasteiger partial charge in [0.05, 0.1) is 0 Å². The molecule has 2 aromatic rings. The minimum Gasteiger partial charge on any atom is -0.478 e. The first-order valence-corrected chi connectivity index (χ1v) is 6.61. The molecule has 0 aliphatic rings. The van der Waals surface area contributed by atoms with Gasteiger partial charge in [0.1, 0.15) is 17.1 Å². The number of carbonyl (C=O) groups is 1. The lowest BCUT2D eigenvalue weighted by molar-refractivity contribution is 0.0694. The van der Waals surface area contributed by atoms with Crippen molar-refractivity contribution in [3.63, 3.8) is 0 Å². The molecule has 0 radical (unpaired) electrons. The van der Waals surface area contributed by atoms with Crippen molar-refractivity contribution in [1.82, 2.24) is 0 Å². The number of hydrogen-bond acceptors (Lipinski definition) is 2. The molecule has 0 spiro atoms. The highest BCUT2D eigenvalue weighted by Gasteiger charge is 2.12. The second kappa shape index (κ2) is 5.63. The molecule has 1 N–H and O–H groups in total. The number of hydrogen-bond donors (Lipinski definition) is 1. The molecule has 3 nitrogen and oxygen atoms in total. The van der Waals surface area contributed by atoms with Crippen LogP contribution in [0.25, 0.3) is 0 Å². The Morgan fingerprint density at radius 1 is 1.26 bits per heavy atom. The summed E-state index contributed by atoms with van der Waals surface area (Å²) in [6.07, 6.45) is 0. The Kier molecular flexibility index (Phi) is 4.12. The van der Waals surface area contributed by atoms with Crippen molar-refractivity contribution in [2.24, 2.45) is 0 Å². The van der Waals surface area contributed by atoms with Gasteiger partial charge in [-0.05, 0) is 48.9 Å². The molecule has 0 atom stereocenters. The van der Waals surface area contributed by atoms with Crippen molar-refractivity contribution < 1.29 is 14.6 Å². The third-order valence-electron chi connectivity index (χ3n) is 2.53. The zero-order valence-electron chi connectivity index (χ0n) is 9.98. The van der Waals surface area contributed by atoms with Crippen LogP contribution in [0.5, 0.6) is 11.5 Å². The number of rotatable bonds is 3. The monoisotopic (exact) mass is 340 g/mol. The zero-order chi connectivity index (χ0) is 14.0. The summed E-state index contributed by atoms with van der Waals surface area (Å²) >= 11 is 9.22. The third kappa shape index (κ3) is 3.28. The number of carboxylic acid groups (broad SMARTS) is 1. The fraction of sp³-hybridized carbons (Fsp3) is 0.0714. The summed E-state index contributed by atoms with van der Waals surface area (Å²) in [5.74, 6) is -0.209. The van der Waals surface area contributed by atoms with Crippen molar-refractivity contribution in [2.45, 2.75) is 6.92 Å². The van der Waals surface area contributed by atoms with Crippen LogP contribution in [0.15, 0.2) is 40.9 Å². The Morgan fingerprint density at radius 2 is 2.00 bits per heavy atom. The number of benzene rings is 2. The molecule has 0 saturated carbocycles. The predicted octanol–water partition coefficient (Wildman–Crippen LogP) is 4.90. The average molecular weight is 342 g/mol. The first-order chi connectivity index (χ1) is 8.97. The molecule has 0 fully saturated rings. The van der Waals surface area contributed by atoms with Gasteiger partial charge >= 0.3 is 5.97 Å². The molecule has 19 heavy (non-hydrogen) atoms. The van der Waals surface area contributed by atoms with E-state index in [1.165, 1.54) is 6.07 Å². The van der Waals surface area contributed by atoms with Crippen molar-refractivity contribution in [1.29, 1.82) is 0 Å². The first-order valence-electron chi connectivity index (χ1n) is 5.44. The normalized spacial score (nSPS) is 10.3. The molecular weight excluding hydrogens is 332 g/mol. The highest BCUT2D eigenvalue weighted by molar-refractivity contribution is 9.10. The van der Waals surface area contributed by atoms with Gasteiger partial charge in [-0.1, -0.05) is 27.5 Å². The van der Waals surface area contributed by atoms with Crippen LogP contribution in [0.1, 0.15) is 15.9 Å². The smallest absolute Gasteiger partial charge is 0.339 e. The summed E-state index contributed by atoms with van der Waals surface area (Å²) in [6.45, 7) is 1.86. The maximum Gasteiger partial charge on any atom is 0.339 e. The lowest BCUT2D eigenvalue weighted by Gasteiger charge is -2.10. The molecule has 0 unspecified atom stereocenters. The van der Waals surface area contributed by atoms with E-state index in [2.05, 4.69) is 15.9 Å². The molecular formula is C14H10BrClO3. The van der Waals surface area contributed by atoms with Gasteiger partial charge in [-0.2, -0.15) is 0 Å². The van der Waals surface area contributed by atoms with E-state index >= 15 is 0 Å². The quantitative estimate of drug-likeness (QED) is 0.863. The van der Waals surface area contributed by atoms with E-state index in [9.17, 15) is 4.79 Å². The Bertz CT molecular complexity index is 641. The first kappa shape index (κ1) is 13.9. The molecule has 0 amide bonds. The lowest BCUT2D eigenvalue weighted by atomic mass is 10.2. The number of aromatic carboxylic acids is 1. The van der Waals surface area contributed by atoms with Gasteiger partial charge in [0, 0.05) is 9.50 Å². The van der Waals surface area contributed by atoms with Crippen LogP contribution in [-0.2, 0) is 0 Å². The van der Waals surface area contributed by atoms with Crippen LogP contribution < -0.4 is 4.74 Å². The molecule has 2 rings (SSSR count). The zero-order valence-corrected chi connectivity index (χ0v) is 12.3. The van der Waals surface area contributed by atoms with E-state index < -0.39 is 5.97 Å². The Hall–Kier alpha value is -1.52. The largest absolute Gasteiger partial charge is 0.478 e. The third-order valence-corrected chi connectivity index (χ3v) is 3.45. The van der Waals surface area contributed by atoms with Crippen LogP contribution in [-0.4, -0.2) is 11.1 Å². The molecule has 5 heteroatoms. The average Bonchev–Trinajstić information content (AvgIpc) is 2.33. The predicted molar refractivity (Wildman–Crippen MR) is 77.4 cm³/mol. The molecule has 0 aromatic heterocycles. The SMILES string of the molecule is Cc1cc(Oc2cc(Br)ccc2C(=O)O)ccc1Cl. The van der Waals surface area contributed by atoms with Gasteiger partial charge in [-0.25, -0.2) is 4.79 Å². The summed E-state index contributed by atoms with van der Waals surface area (Å²) in [6, 6.07) is 9.93. The molecule has 98 valence electrons. The molecule has 2 aromatic carbocycles. The van der Waals surface area contributed by atoms with Crippen molar-refractivity contribution in [3.8, 4) is 11.5 Å². The number of ether oxygens (including phenoxy) is 1. The van der Waals surface area contributed by atoms with Crippen molar-refractivity contribution in [2.75, 3.05) is 0 Å². The second-order valence-electron chi connectivity index (χ2n) is 3.96. The van der Waals surface area contributed by atoms with Gasteiger partial charge < -0.3 is 9.84 Å². The van der Waals surface area contributed by atoms with Gasteiger partial charge in [0.25, 0.3) is 0 Å². The standard InChI is InChI=1S/C14H10BrClO3/c1-8-6-10(3-5-12(8)16)19-13-7-9(15)2-4-11(13)14(17)18/h2-7H,1H3,(H,17,18). The fourth-order valence-electron chi connectivity index (χ4n) is 1.56. The molecule has 0 bridgehead atoms. The van der Waals surface area contributed by atoms with Crippen LogP contribution in [0.3, 0.4) is 0 Å². The van der Waals surface area contributed by atoms with Gasteiger partial charge in [0.2, 0.25) is 0 Å². The summed E-state index contributed by atoms with van der Waals surface area (Å²) in [7, 11) is 0. The van der Waals surface area contributed by atoms with E-state index in [1.54, 1.807) is 30.3 Å². The second-order valence-corrected chi connectivity index (χ2v) is 5.28. The van der Waals surface area contributed by atoms with Crippen LogP contribution in [0.4, 0.5) is 0 Å². The van der Waals surface area contributed by atoms with Crippen molar-refractivity contribution in [3.05, 3.63) is 57.0 Å². The summed E-state index contributed by atoms with van der Waals surface area (Å²) < 4.78 is 6.37. The molecule has 0 aliphatic carbocycles. The maximum absolute atomic E-state index is 11.1. The van der Waals surface area contributed by atoms with E-state index in [0.717, 1.165) is 10.0 Å². The minimum atomic E-state index is -1.03. The molecule has 0 aliphatic heterocycles. The molecule has 0 heterocycles. The maximum atomic E-state index is 11.1. The van der Waals surface area contributed by atoms with Gasteiger partial charge in [-0.3, -0.25) is 0 Å². The van der Waals surface area contributed by atoms with Gasteiger partial charge in [0.15, 0.2) is 0 Å². The van der Waals surface area contributed by atoms with Crippen molar-refractivity contribution >= 4 is 33.5 Å². The number of aryl methyl sites for hydroxylation is 1. The van der Waals surface area contributed by atoms with E-state index in [0.29, 0.717) is 10.8 Å². The van der Waals surface area contributed by atoms with Crippen LogP contribution in [0.2, 0.25) is 5.02 Å². The van der Waals surface area contributed by atoms with Gasteiger partial charge in [-0.15, -0.1) is 0 Å². The molecule has 0 saturated heterocycles. The highest BCUT2D eigenvalue weighted by atomic mass is 79.9. The highest BCUT2D eigenvalue weighted by Crippen LogP contribution is 2.30. The summed E-state index contributed by atoms with van der Waals surface area (Å²) in [5, 5.41) is 9.76. The Morgan fingerprint density at radius 3 is 2.63 bits per heavy atom. The van der Waals surface area contributed by atoms with E-state index in [-0.39, 0.29) is 11.3 Å².